The van der Waals surface area contributed by atoms with Gasteiger partial charge >= 0.3 is 0 Å². The number of hydrogen-bond acceptors (Lipinski definition) is 4. The minimum absolute atomic E-state index is 0.839. The van der Waals surface area contributed by atoms with Gasteiger partial charge in [0.15, 0.2) is 0 Å². The molecule has 0 aliphatic heterocycles. The molecular weight excluding hydrogens is 208 g/mol. The summed E-state index contributed by atoms with van der Waals surface area (Å²) in [6, 6.07) is 0. The van der Waals surface area contributed by atoms with Gasteiger partial charge in [-0.3, -0.25) is 4.98 Å². The first kappa shape index (κ1) is 10.3. The molecule has 0 aromatic carbocycles. The molecule has 2 aromatic heterocycles. The molecule has 0 unspecified atom stereocenters. The summed E-state index contributed by atoms with van der Waals surface area (Å²) in [6.45, 7) is 4.77. The summed E-state index contributed by atoms with van der Waals surface area (Å²) in [5, 5.41) is 3.25. The molecule has 0 aliphatic rings. The maximum absolute atomic E-state index is 4.32. The molecule has 0 fully saturated rings. The van der Waals surface area contributed by atoms with Crippen LogP contribution in [0.15, 0.2) is 24.2 Å². The summed E-state index contributed by atoms with van der Waals surface area (Å²) in [4.78, 5) is 9.62. The molecule has 15 heavy (non-hydrogen) atoms. The Balaban J connectivity index is 1.95. The molecule has 0 saturated heterocycles. The van der Waals surface area contributed by atoms with Crippen LogP contribution in [0.4, 0.5) is 0 Å². The average Bonchev–Trinajstić information content (AvgIpc) is 2.87. The summed E-state index contributed by atoms with van der Waals surface area (Å²) >= 11 is 1.67. The largest absolute Gasteiger partial charge is 0.332 e. The zero-order valence-electron chi connectivity index (χ0n) is 8.68. The molecule has 0 bridgehead atoms. The van der Waals surface area contributed by atoms with Gasteiger partial charge in [-0.1, -0.05) is 6.92 Å². The Morgan fingerprint density at radius 3 is 3.20 bits per heavy atom. The van der Waals surface area contributed by atoms with Gasteiger partial charge in [-0.25, -0.2) is 4.98 Å². The maximum atomic E-state index is 4.32. The number of rotatable bonds is 5. The minimum atomic E-state index is 0.839. The predicted molar refractivity (Wildman–Crippen MR) is 60.8 cm³/mol. The zero-order chi connectivity index (χ0) is 10.5. The molecule has 0 radical (unpaired) electrons. The van der Waals surface area contributed by atoms with Crippen molar-refractivity contribution >= 4 is 11.3 Å². The van der Waals surface area contributed by atoms with Gasteiger partial charge in [0.2, 0.25) is 0 Å². The smallest absolute Gasteiger partial charge is 0.0953 e. The Morgan fingerprint density at radius 2 is 2.47 bits per heavy atom. The third-order valence-electron chi connectivity index (χ3n) is 2.06. The van der Waals surface area contributed by atoms with Crippen molar-refractivity contribution in [3.05, 3.63) is 34.8 Å². The molecule has 4 nitrogen and oxygen atoms in total. The van der Waals surface area contributed by atoms with E-state index in [1.54, 1.807) is 11.3 Å². The van der Waals surface area contributed by atoms with E-state index in [4.69, 9.17) is 0 Å². The highest BCUT2D eigenvalue weighted by Gasteiger charge is 1.99. The van der Waals surface area contributed by atoms with Crippen LogP contribution in [0.25, 0.3) is 0 Å². The quantitative estimate of drug-likeness (QED) is 0.833. The van der Waals surface area contributed by atoms with E-state index >= 15 is 0 Å². The zero-order valence-corrected chi connectivity index (χ0v) is 9.50. The van der Waals surface area contributed by atoms with E-state index < -0.39 is 0 Å². The van der Waals surface area contributed by atoms with E-state index in [1.165, 1.54) is 4.88 Å². The summed E-state index contributed by atoms with van der Waals surface area (Å²) in [5.74, 6) is 0. The topological polar surface area (TPSA) is 42.7 Å². The molecular formula is C10H14N4S. The van der Waals surface area contributed by atoms with Crippen LogP contribution < -0.4 is 5.32 Å². The fourth-order valence-electron chi connectivity index (χ4n) is 1.34. The van der Waals surface area contributed by atoms with E-state index in [1.807, 2.05) is 18.0 Å². The van der Waals surface area contributed by atoms with Crippen molar-refractivity contribution in [1.82, 2.24) is 19.9 Å². The van der Waals surface area contributed by atoms with Gasteiger partial charge in [-0.15, -0.1) is 11.3 Å². The molecule has 5 heteroatoms. The van der Waals surface area contributed by atoms with Crippen molar-refractivity contribution in [1.29, 1.82) is 0 Å². The molecule has 1 N–H and O–H groups in total. The molecule has 0 atom stereocenters. The first-order chi connectivity index (χ1) is 7.38. The SMILES string of the molecule is CCNCc1cn(Cc2cncs2)cn1. The third-order valence-corrected chi connectivity index (χ3v) is 2.83. The summed E-state index contributed by atoms with van der Waals surface area (Å²) < 4.78 is 2.08. The standard InChI is InChI=1S/C10H14N4S/c1-2-11-3-9-5-14(7-13-9)6-10-4-12-8-15-10/h4-5,7-8,11H,2-3,6H2,1H3. The molecule has 80 valence electrons. The van der Waals surface area contributed by atoms with Crippen molar-refractivity contribution in [2.24, 2.45) is 0 Å². The molecule has 2 heterocycles. The average molecular weight is 222 g/mol. The second-order valence-corrected chi connectivity index (χ2v) is 4.26. The van der Waals surface area contributed by atoms with Crippen LogP contribution in [-0.2, 0) is 13.1 Å². The number of aromatic nitrogens is 3. The first-order valence-electron chi connectivity index (χ1n) is 4.97. The highest BCUT2D eigenvalue weighted by atomic mass is 32.1. The van der Waals surface area contributed by atoms with Crippen LogP contribution in [0.1, 0.15) is 17.5 Å². The van der Waals surface area contributed by atoms with Crippen LogP contribution in [0, 0.1) is 0 Å². The lowest BCUT2D eigenvalue weighted by molar-refractivity contribution is 0.712. The Hall–Kier alpha value is -1.20. The first-order valence-corrected chi connectivity index (χ1v) is 5.85. The molecule has 2 rings (SSSR count). The number of nitrogens with one attached hydrogen (secondary N) is 1. The van der Waals surface area contributed by atoms with Crippen molar-refractivity contribution in [2.75, 3.05) is 6.54 Å². The van der Waals surface area contributed by atoms with Gasteiger partial charge in [0.25, 0.3) is 0 Å². The predicted octanol–water partition coefficient (Wildman–Crippen LogP) is 1.50. The minimum Gasteiger partial charge on any atom is -0.332 e. The van der Waals surface area contributed by atoms with Gasteiger partial charge in [0, 0.05) is 23.8 Å². The number of thiazole rings is 1. The lowest BCUT2D eigenvalue weighted by Crippen LogP contribution is -2.11. The number of nitrogens with zero attached hydrogens (tertiary/aromatic N) is 3. The molecule has 0 amide bonds. The van der Waals surface area contributed by atoms with E-state index in [0.717, 1.165) is 25.3 Å². The Labute approximate surface area is 93.0 Å². The second kappa shape index (κ2) is 5.04. The molecule has 2 aromatic rings. The lowest BCUT2D eigenvalue weighted by Gasteiger charge is -1.97. The normalized spacial score (nSPS) is 10.7. The summed E-state index contributed by atoms with van der Waals surface area (Å²) in [6.07, 6.45) is 5.84. The van der Waals surface area contributed by atoms with Crippen molar-refractivity contribution in [3.8, 4) is 0 Å². The van der Waals surface area contributed by atoms with Gasteiger partial charge in [0.1, 0.15) is 0 Å². The van der Waals surface area contributed by atoms with Gasteiger partial charge in [-0.2, -0.15) is 0 Å². The van der Waals surface area contributed by atoms with Crippen LogP contribution in [0.5, 0.6) is 0 Å². The van der Waals surface area contributed by atoms with Crippen molar-refractivity contribution in [3.63, 3.8) is 0 Å². The lowest BCUT2D eigenvalue weighted by atomic mass is 10.4. The third kappa shape index (κ3) is 2.87. The van der Waals surface area contributed by atoms with E-state index in [2.05, 4.69) is 33.0 Å². The Kier molecular flexibility index (Phi) is 3.47. The van der Waals surface area contributed by atoms with Gasteiger partial charge in [0.05, 0.1) is 24.1 Å². The van der Waals surface area contributed by atoms with Crippen LogP contribution in [0.2, 0.25) is 0 Å². The molecule has 0 aliphatic carbocycles. The fourth-order valence-corrected chi connectivity index (χ4v) is 1.94. The maximum Gasteiger partial charge on any atom is 0.0953 e. The molecule has 0 saturated carbocycles. The highest BCUT2D eigenvalue weighted by Crippen LogP contribution is 2.08. The monoisotopic (exact) mass is 222 g/mol. The van der Waals surface area contributed by atoms with Crippen LogP contribution in [0.3, 0.4) is 0 Å². The Morgan fingerprint density at radius 1 is 1.53 bits per heavy atom. The fraction of sp³-hybridized carbons (Fsp3) is 0.400. The van der Waals surface area contributed by atoms with E-state index in [9.17, 15) is 0 Å². The second-order valence-electron chi connectivity index (χ2n) is 3.29. The Bertz CT molecular complexity index is 393. The number of imidazole rings is 1. The van der Waals surface area contributed by atoms with Crippen LogP contribution >= 0.6 is 11.3 Å². The van der Waals surface area contributed by atoms with E-state index in [-0.39, 0.29) is 0 Å². The summed E-state index contributed by atoms with van der Waals surface area (Å²) in [5.41, 5.74) is 2.94. The van der Waals surface area contributed by atoms with Gasteiger partial charge in [-0.05, 0) is 6.54 Å². The highest BCUT2D eigenvalue weighted by molar-refractivity contribution is 7.09. The van der Waals surface area contributed by atoms with Gasteiger partial charge < -0.3 is 9.88 Å². The summed E-state index contributed by atoms with van der Waals surface area (Å²) in [7, 11) is 0. The van der Waals surface area contributed by atoms with Crippen molar-refractivity contribution < 1.29 is 0 Å². The number of hydrogen-bond donors (Lipinski definition) is 1. The van der Waals surface area contributed by atoms with Crippen molar-refractivity contribution in [2.45, 2.75) is 20.0 Å². The van der Waals surface area contributed by atoms with E-state index in [0.29, 0.717) is 0 Å². The van der Waals surface area contributed by atoms with Crippen LogP contribution in [-0.4, -0.2) is 21.1 Å². The molecule has 0 spiro atoms.